The number of carboxylic acids is 1. The van der Waals surface area contributed by atoms with Gasteiger partial charge in [-0.05, 0) is 18.2 Å². The molecule has 1 heterocycles. The molecule has 0 radical (unpaired) electrons. The second kappa shape index (κ2) is 5.05. The summed E-state index contributed by atoms with van der Waals surface area (Å²) in [5.74, 6) is -0.194. The van der Waals surface area contributed by atoms with E-state index in [-0.39, 0.29) is 0 Å². The molecular weight excluding hydrogens is 220 g/mol. The van der Waals surface area contributed by atoms with Crippen molar-refractivity contribution in [1.29, 1.82) is 0 Å². The first kappa shape index (κ1) is 11.7. The Balaban J connectivity index is 2.34. The van der Waals surface area contributed by atoms with Crippen molar-refractivity contribution in [3.8, 4) is 5.75 Å². The van der Waals surface area contributed by atoms with Gasteiger partial charge in [0.15, 0.2) is 0 Å². The van der Waals surface area contributed by atoms with Crippen molar-refractivity contribution in [3.63, 3.8) is 0 Å². The van der Waals surface area contributed by atoms with Gasteiger partial charge in [-0.3, -0.25) is 0 Å². The number of aromatic carboxylic acids is 1. The van der Waals surface area contributed by atoms with E-state index in [1.807, 2.05) is 0 Å². The van der Waals surface area contributed by atoms with Crippen LogP contribution in [0, 0.1) is 0 Å². The Morgan fingerprint density at radius 2 is 2.12 bits per heavy atom. The fourth-order valence-corrected chi connectivity index (χ4v) is 1.98. The summed E-state index contributed by atoms with van der Waals surface area (Å²) in [5.41, 5.74) is 1.15. The van der Waals surface area contributed by atoms with Gasteiger partial charge >= 0.3 is 5.97 Å². The Hall–Kier alpha value is -1.75. The van der Waals surface area contributed by atoms with Gasteiger partial charge in [-0.15, -0.1) is 0 Å². The van der Waals surface area contributed by atoms with Crippen molar-refractivity contribution in [2.75, 3.05) is 38.2 Å². The van der Waals surface area contributed by atoms with E-state index in [4.69, 9.17) is 9.84 Å². The molecule has 0 aliphatic carbocycles. The third kappa shape index (κ3) is 2.50. The smallest absolute Gasteiger partial charge is 0.335 e. The first-order chi connectivity index (χ1) is 8.22. The van der Waals surface area contributed by atoms with E-state index in [2.05, 4.69) is 10.2 Å². The average Bonchev–Trinajstić information content (AvgIpc) is 2.39. The highest BCUT2D eigenvalue weighted by Gasteiger charge is 2.16. The van der Waals surface area contributed by atoms with E-state index in [9.17, 15) is 4.79 Å². The minimum absolute atomic E-state index is 0.291. The maximum absolute atomic E-state index is 11.0. The average molecular weight is 236 g/mol. The monoisotopic (exact) mass is 236 g/mol. The number of carboxylic acid groups (broad SMARTS) is 1. The molecule has 2 N–H and O–H groups in total. The SMILES string of the molecule is COc1ccc(C(=O)O)cc1N1CCNCC1. The van der Waals surface area contributed by atoms with Crippen LogP contribution in [-0.2, 0) is 0 Å². The zero-order valence-corrected chi connectivity index (χ0v) is 9.77. The molecule has 1 aliphatic heterocycles. The molecule has 1 aliphatic rings. The van der Waals surface area contributed by atoms with Gasteiger partial charge in [-0.25, -0.2) is 4.79 Å². The van der Waals surface area contributed by atoms with Crippen LogP contribution in [0.2, 0.25) is 0 Å². The molecule has 0 aromatic heterocycles. The van der Waals surface area contributed by atoms with Crippen molar-refractivity contribution in [2.24, 2.45) is 0 Å². The van der Waals surface area contributed by atoms with Gasteiger partial charge in [-0.2, -0.15) is 0 Å². The maximum atomic E-state index is 11.0. The molecule has 0 atom stereocenters. The summed E-state index contributed by atoms with van der Waals surface area (Å²) in [6.45, 7) is 3.53. The van der Waals surface area contributed by atoms with Gasteiger partial charge in [-0.1, -0.05) is 0 Å². The van der Waals surface area contributed by atoms with E-state index in [0.717, 1.165) is 37.6 Å². The van der Waals surface area contributed by atoms with Crippen LogP contribution >= 0.6 is 0 Å². The van der Waals surface area contributed by atoms with Crippen molar-refractivity contribution in [3.05, 3.63) is 23.8 Å². The zero-order valence-electron chi connectivity index (χ0n) is 9.77. The molecule has 1 aromatic rings. The molecule has 1 saturated heterocycles. The predicted octanol–water partition coefficient (Wildman–Crippen LogP) is 0.803. The lowest BCUT2D eigenvalue weighted by atomic mass is 10.1. The van der Waals surface area contributed by atoms with E-state index in [1.54, 1.807) is 25.3 Å². The van der Waals surface area contributed by atoms with E-state index in [1.165, 1.54) is 0 Å². The molecule has 0 amide bonds. The predicted molar refractivity (Wildman–Crippen MR) is 65.0 cm³/mol. The number of anilines is 1. The standard InChI is InChI=1S/C12H16N2O3/c1-17-11-3-2-9(12(15)16)8-10(11)14-6-4-13-5-7-14/h2-3,8,13H,4-7H2,1H3,(H,15,16). The quantitative estimate of drug-likeness (QED) is 0.813. The lowest BCUT2D eigenvalue weighted by molar-refractivity contribution is 0.0697. The molecule has 5 nitrogen and oxygen atoms in total. The lowest BCUT2D eigenvalue weighted by Gasteiger charge is -2.30. The molecule has 92 valence electrons. The molecule has 1 fully saturated rings. The topological polar surface area (TPSA) is 61.8 Å². The van der Waals surface area contributed by atoms with Crippen LogP contribution in [0.25, 0.3) is 0 Å². The number of rotatable bonds is 3. The number of piperazine rings is 1. The van der Waals surface area contributed by atoms with E-state index < -0.39 is 5.97 Å². The molecule has 2 rings (SSSR count). The Morgan fingerprint density at radius 3 is 2.71 bits per heavy atom. The summed E-state index contributed by atoms with van der Waals surface area (Å²) >= 11 is 0. The Bertz CT molecular complexity index is 414. The summed E-state index contributed by atoms with van der Waals surface area (Å²) in [6, 6.07) is 4.94. The summed E-state index contributed by atoms with van der Waals surface area (Å²) in [7, 11) is 1.60. The Kier molecular flexibility index (Phi) is 3.49. The number of methoxy groups -OCH3 is 1. The first-order valence-electron chi connectivity index (χ1n) is 5.59. The molecule has 0 saturated carbocycles. The van der Waals surface area contributed by atoms with Crippen molar-refractivity contribution >= 4 is 11.7 Å². The fourth-order valence-electron chi connectivity index (χ4n) is 1.98. The van der Waals surface area contributed by atoms with Crippen LogP contribution < -0.4 is 15.0 Å². The number of benzene rings is 1. The van der Waals surface area contributed by atoms with Gasteiger partial charge in [0, 0.05) is 26.2 Å². The highest BCUT2D eigenvalue weighted by atomic mass is 16.5. The van der Waals surface area contributed by atoms with Gasteiger partial charge in [0.2, 0.25) is 0 Å². The van der Waals surface area contributed by atoms with Gasteiger partial charge in [0.05, 0.1) is 18.4 Å². The molecule has 0 bridgehead atoms. The summed E-state index contributed by atoms with van der Waals surface area (Å²) in [6.07, 6.45) is 0. The summed E-state index contributed by atoms with van der Waals surface area (Å²) < 4.78 is 5.28. The van der Waals surface area contributed by atoms with Gasteiger partial charge in [0.1, 0.15) is 5.75 Å². The number of nitrogens with one attached hydrogen (secondary N) is 1. The number of hydrogen-bond donors (Lipinski definition) is 2. The highest BCUT2D eigenvalue weighted by Crippen LogP contribution is 2.29. The number of hydrogen-bond acceptors (Lipinski definition) is 4. The Morgan fingerprint density at radius 1 is 1.41 bits per heavy atom. The van der Waals surface area contributed by atoms with Crippen molar-refractivity contribution in [1.82, 2.24) is 5.32 Å². The first-order valence-corrected chi connectivity index (χ1v) is 5.59. The molecule has 0 unspecified atom stereocenters. The summed E-state index contributed by atoms with van der Waals surface area (Å²) in [5, 5.41) is 12.3. The lowest BCUT2D eigenvalue weighted by Crippen LogP contribution is -2.43. The minimum atomic E-state index is -0.913. The van der Waals surface area contributed by atoms with Gasteiger partial charge < -0.3 is 20.1 Å². The molecule has 17 heavy (non-hydrogen) atoms. The van der Waals surface area contributed by atoms with Gasteiger partial charge in [0.25, 0.3) is 0 Å². The van der Waals surface area contributed by atoms with E-state index >= 15 is 0 Å². The zero-order chi connectivity index (χ0) is 12.3. The van der Waals surface area contributed by atoms with E-state index in [0.29, 0.717) is 5.56 Å². The van der Waals surface area contributed by atoms with Crippen LogP contribution in [0.3, 0.4) is 0 Å². The molecular formula is C12H16N2O3. The van der Waals surface area contributed by atoms with Crippen LogP contribution in [-0.4, -0.2) is 44.4 Å². The maximum Gasteiger partial charge on any atom is 0.335 e. The van der Waals surface area contributed by atoms with Crippen LogP contribution in [0.15, 0.2) is 18.2 Å². The minimum Gasteiger partial charge on any atom is -0.495 e. The highest BCUT2D eigenvalue weighted by molar-refractivity contribution is 5.89. The molecule has 1 aromatic carbocycles. The van der Waals surface area contributed by atoms with Crippen molar-refractivity contribution in [2.45, 2.75) is 0 Å². The third-order valence-corrected chi connectivity index (χ3v) is 2.88. The third-order valence-electron chi connectivity index (χ3n) is 2.88. The Labute approximate surface area is 100.0 Å². The number of ether oxygens (including phenoxy) is 1. The number of nitrogens with zero attached hydrogens (tertiary/aromatic N) is 1. The molecule has 0 spiro atoms. The fraction of sp³-hybridized carbons (Fsp3) is 0.417. The number of carbonyl (C=O) groups is 1. The molecule has 5 heteroatoms. The second-order valence-electron chi connectivity index (χ2n) is 3.93. The van der Waals surface area contributed by atoms with Crippen LogP contribution in [0.1, 0.15) is 10.4 Å². The normalized spacial score (nSPS) is 15.7. The summed E-state index contributed by atoms with van der Waals surface area (Å²) in [4.78, 5) is 13.1. The van der Waals surface area contributed by atoms with Crippen LogP contribution in [0.5, 0.6) is 5.75 Å². The largest absolute Gasteiger partial charge is 0.495 e. The van der Waals surface area contributed by atoms with Crippen LogP contribution in [0.4, 0.5) is 5.69 Å². The van der Waals surface area contributed by atoms with Crippen molar-refractivity contribution < 1.29 is 14.6 Å². The second-order valence-corrected chi connectivity index (χ2v) is 3.93.